The van der Waals surface area contributed by atoms with Crippen LogP contribution in [0.4, 0.5) is 0 Å². The highest BCUT2D eigenvalue weighted by atomic mass is 32.2. The summed E-state index contributed by atoms with van der Waals surface area (Å²) in [5.41, 5.74) is 2.05. The predicted octanol–water partition coefficient (Wildman–Crippen LogP) is 3.76. The summed E-state index contributed by atoms with van der Waals surface area (Å²) in [5.74, 6) is -1.16. The molecule has 0 aliphatic rings. The van der Waals surface area contributed by atoms with E-state index in [-0.39, 0.29) is 10.5 Å². The van der Waals surface area contributed by atoms with Gasteiger partial charge in [0.05, 0.1) is 16.5 Å². The molecule has 0 bridgehead atoms. The van der Waals surface area contributed by atoms with Gasteiger partial charge in [-0.1, -0.05) is 66.7 Å². The first-order valence-corrected chi connectivity index (χ1v) is 9.83. The summed E-state index contributed by atoms with van der Waals surface area (Å²) in [6, 6.07) is 22.0. The molecule has 6 heteroatoms. The number of nitrogens with one attached hydrogen (secondary N) is 1. The van der Waals surface area contributed by atoms with Gasteiger partial charge in [-0.2, -0.15) is 4.72 Å². The Morgan fingerprint density at radius 2 is 1.41 bits per heavy atom. The number of sulfonamides is 1. The Balaban J connectivity index is 2.03. The normalized spacial score (nSPS) is 11.5. The van der Waals surface area contributed by atoms with Crippen molar-refractivity contribution in [2.45, 2.75) is 17.9 Å². The number of carboxylic acids is 1. The van der Waals surface area contributed by atoms with E-state index in [0.717, 1.165) is 11.1 Å². The van der Waals surface area contributed by atoms with Crippen LogP contribution in [-0.4, -0.2) is 19.5 Å². The van der Waals surface area contributed by atoms with E-state index in [1.54, 1.807) is 6.92 Å². The summed E-state index contributed by atoms with van der Waals surface area (Å²) in [4.78, 5) is 11.3. The maximum atomic E-state index is 13.0. The molecule has 27 heavy (non-hydrogen) atoms. The molecule has 3 rings (SSSR count). The first-order chi connectivity index (χ1) is 12.9. The molecule has 0 fully saturated rings. The lowest BCUT2D eigenvalue weighted by atomic mass is 10.00. The highest BCUT2D eigenvalue weighted by molar-refractivity contribution is 7.89. The Bertz CT molecular complexity index is 1010. The second-order valence-electron chi connectivity index (χ2n) is 6.16. The molecule has 5 nitrogen and oxygen atoms in total. The molecule has 0 aliphatic carbocycles. The van der Waals surface area contributed by atoms with Gasteiger partial charge in [0.15, 0.2) is 0 Å². The molecule has 0 amide bonds. The van der Waals surface area contributed by atoms with Gasteiger partial charge in [0, 0.05) is 0 Å². The fourth-order valence-electron chi connectivity index (χ4n) is 2.84. The van der Waals surface area contributed by atoms with Crippen LogP contribution < -0.4 is 4.72 Å². The van der Waals surface area contributed by atoms with Gasteiger partial charge in [-0.05, 0) is 35.7 Å². The van der Waals surface area contributed by atoms with Crippen LogP contribution in [-0.2, 0) is 10.0 Å². The number of hydrogen-bond acceptors (Lipinski definition) is 3. The van der Waals surface area contributed by atoms with E-state index in [1.807, 2.05) is 60.7 Å². The van der Waals surface area contributed by atoms with E-state index >= 15 is 0 Å². The summed E-state index contributed by atoms with van der Waals surface area (Å²) < 4.78 is 28.6. The van der Waals surface area contributed by atoms with Crippen molar-refractivity contribution < 1.29 is 18.3 Å². The molecule has 0 unspecified atom stereocenters. The van der Waals surface area contributed by atoms with Gasteiger partial charge in [-0.3, -0.25) is 0 Å². The molecule has 0 spiro atoms. The molecule has 0 heterocycles. The van der Waals surface area contributed by atoms with E-state index in [2.05, 4.69) is 4.72 Å². The predicted molar refractivity (Wildman–Crippen MR) is 103 cm³/mol. The summed E-state index contributed by atoms with van der Waals surface area (Å²) in [6.45, 7) is 1.63. The molecule has 0 saturated carbocycles. The SMILES string of the molecule is Cc1ccc(S(=O)(=O)NC(c2ccccc2)c2ccccc2)cc1C(=O)O. The molecular weight excluding hydrogens is 362 g/mol. The van der Waals surface area contributed by atoms with Gasteiger partial charge in [0.2, 0.25) is 10.0 Å². The van der Waals surface area contributed by atoms with Crippen LogP contribution in [0.2, 0.25) is 0 Å². The Morgan fingerprint density at radius 1 is 0.889 bits per heavy atom. The van der Waals surface area contributed by atoms with Gasteiger partial charge < -0.3 is 5.11 Å². The molecular formula is C21H19NO4S. The van der Waals surface area contributed by atoms with Gasteiger partial charge in [0.1, 0.15) is 0 Å². The molecule has 2 N–H and O–H groups in total. The summed E-state index contributed by atoms with van der Waals surface area (Å²) in [6.07, 6.45) is 0. The smallest absolute Gasteiger partial charge is 0.335 e. The Labute approximate surface area is 158 Å². The first kappa shape index (κ1) is 18.8. The summed E-state index contributed by atoms with van der Waals surface area (Å²) in [7, 11) is -3.94. The van der Waals surface area contributed by atoms with Crippen LogP contribution in [0.15, 0.2) is 83.8 Å². The van der Waals surface area contributed by atoms with Crippen molar-refractivity contribution in [1.29, 1.82) is 0 Å². The van der Waals surface area contributed by atoms with Crippen LogP contribution in [0.1, 0.15) is 33.1 Å². The van der Waals surface area contributed by atoms with Gasteiger partial charge in [-0.15, -0.1) is 0 Å². The maximum absolute atomic E-state index is 13.0. The largest absolute Gasteiger partial charge is 0.478 e. The number of rotatable bonds is 6. The van der Waals surface area contributed by atoms with Crippen molar-refractivity contribution in [1.82, 2.24) is 4.72 Å². The zero-order valence-electron chi connectivity index (χ0n) is 14.7. The lowest BCUT2D eigenvalue weighted by Crippen LogP contribution is -2.29. The molecule has 138 valence electrons. The second kappa shape index (κ2) is 7.73. The average Bonchev–Trinajstić information content (AvgIpc) is 2.67. The molecule has 0 radical (unpaired) electrons. The van der Waals surface area contributed by atoms with E-state index in [9.17, 15) is 18.3 Å². The lowest BCUT2D eigenvalue weighted by molar-refractivity contribution is 0.0696. The van der Waals surface area contributed by atoms with Gasteiger partial charge >= 0.3 is 5.97 Å². The minimum atomic E-state index is -3.94. The van der Waals surface area contributed by atoms with Crippen molar-refractivity contribution >= 4 is 16.0 Å². The van der Waals surface area contributed by atoms with Crippen molar-refractivity contribution in [3.05, 3.63) is 101 Å². The molecule has 0 atom stereocenters. The number of carboxylic acid groups (broad SMARTS) is 1. The van der Waals surface area contributed by atoms with Crippen LogP contribution in [0, 0.1) is 6.92 Å². The zero-order valence-corrected chi connectivity index (χ0v) is 15.5. The third-order valence-corrected chi connectivity index (χ3v) is 5.71. The number of aromatic carboxylic acids is 1. The van der Waals surface area contributed by atoms with E-state index in [0.29, 0.717) is 5.56 Å². The molecule has 0 aromatic heterocycles. The quantitative estimate of drug-likeness (QED) is 0.681. The van der Waals surface area contributed by atoms with Gasteiger partial charge in [-0.25, -0.2) is 13.2 Å². The van der Waals surface area contributed by atoms with Gasteiger partial charge in [0.25, 0.3) is 0 Å². The topological polar surface area (TPSA) is 83.5 Å². The Hall–Kier alpha value is -2.96. The van der Waals surface area contributed by atoms with E-state index in [1.165, 1.54) is 18.2 Å². The van der Waals surface area contributed by atoms with Crippen molar-refractivity contribution in [3.8, 4) is 0 Å². The summed E-state index contributed by atoms with van der Waals surface area (Å²) >= 11 is 0. The number of aryl methyl sites for hydroxylation is 1. The summed E-state index contributed by atoms with van der Waals surface area (Å²) in [5, 5.41) is 9.28. The third-order valence-electron chi connectivity index (χ3n) is 4.29. The maximum Gasteiger partial charge on any atom is 0.335 e. The Morgan fingerprint density at radius 3 is 1.89 bits per heavy atom. The monoisotopic (exact) mass is 381 g/mol. The van der Waals surface area contributed by atoms with Crippen LogP contribution >= 0.6 is 0 Å². The zero-order chi connectivity index (χ0) is 19.4. The fraction of sp³-hybridized carbons (Fsp3) is 0.0952. The number of carbonyl (C=O) groups is 1. The molecule has 0 saturated heterocycles. The Kier molecular flexibility index (Phi) is 5.39. The van der Waals surface area contributed by atoms with Crippen molar-refractivity contribution in [3.63, 3.8) is 0 Å². The molecule has 3 aromatic rings. The van der Waals surface area contributed by atoms with Crippen LogP contribution in [0.3, 0.4) is 0 Å². The lowest BCUT2D eigenvalue weighted by Gasteiger charge is -2.20. The van der Waals surface area contributed by atoms with Crippen LogP contribution in [0.5, 0.6) is 0 Å². The highest BCUT2D eigenvalue weighted by Crippen LogP contribution is 2.25. The van der Waals surface area contributed by atoms with Crippen molar-refractivity contribution in [2.24, 2.45) is 0 Å². The highest BCUT2D eigenvalue weighted by Gasteiger charge is 2.24. The van der Waals surface area contributed by atoms with E-state index in [4.69, 9.17) is 0 Å². The molecule has 3 aromatic carbocycles. The number of benzene rings is 3. The fourth-order valence-corrected chi connectivity index (χ4v) is 4.08. The average molecular weight is 381 g/mol. The third kappa shape index (κ3) is 4.24. The van der Waals surface area contributed by atoms with Crippen LogP contribution in [0.25, 0.3) is 0 Å². The first-order valence-electron chi connectivity index (χ1n) is 8.34. The standard InChI is InChI=1S/C21H19NO4S/c1-15-12-13-18(14-19(15)21(23)24)27(25,26)22-20(16-8-4-2-5-9-16)17-10-6-3-7-11-17/h2-14,20,22H,1H3,(H,23,24). The van der Waals surface area contributed by atoms with Crippen molar-refractivity contribution in [2.75, 3.05) is 0 Å². The number of hydrogen-bond donors (Lipinski definition) is 2. The van der Waals surface area contributed by atoms with E-state index < -0.39 is 22.0 Å². The molecule has 0 aliphatic heterocycles. The minimum Gasteiger partial charge on any atom is -0.478 e. The second-order valence-corrected chi connectivity index (χ2v) is 7.87. The minimum absolute atomic E-state index is 0.0335.